The lowest BCUT2D eigenvalue weighted by Crippen LogP contribution is -2.59. The SMILES string of the molecule is C=C1NC(C)(C)[C@@H]1CC(=O)/C(=N\O[C@@H](COc1ccc(C(N)=N[C@H]2CCNC2)cc1)C(=O)O)c1csc(N)n1. The van der Waals surface area contributed by atoms with Crippen LogP contribution in [-0.4, -0.2) is 70.8 Å². The molecule has 2 aliphatic rings. The molecule has 208 valence electrons. The first-order valence-electron chi connectivity index (χ1n) is 12.5. The minimum absolute atomic E-state index is 0.0999. The minimum atomic E-state index is -1.48. The van der Waals surface area contributed by atoms with Crippen LogP contribution in [0.4, 0.5) is 5.13 Å². The molecule has 4 rings (SSSR count). The second-order valence-electron chi connectivity index (χ2n) is 9.99. The van der Waals surface area contributed by atoms with E-state index in [-0.39, 0.29) is 52.8 Å². The molecule has 3 atom stereocenters. The van der Waals surface area contributed by atoms with Gasteiger partial charge in [0.1, 0.15) is 23.9 Å². The number of nitrogens with zero attached hydrogens (tertiary/aromatic N) is 3. The number of ketones is 1. The van der Waals surface area contributed by atoms with E-state index in [1.54, 1.807) is 29.6 Å². The lowest BCUT2D eigenvalue weighted by molar-refractivity contribution is -0.152. The number of nitrogen functional groups attached to an aromatic ring is 1. The summed E-state index contributed by atoms with van der Waals surface area (Å²) in [5.74, 6) is -0.953. The number of hydrogen-bond donors (Lipinski definition) is 5. The molecule has 2 saturated heterocycles. The zero-order chi connectivity index (χ0) is 28.2. The lowest BCUT2D eigenvalue weighted by Gasteiger charge is -2.48. The molecule has 1 aromatic carbocycles. The highest BCUT2D eigenvalue weighted by Crippen LogP contribution is 2.36. The lowest BCUT2D eigenvalue weighted by atomic mass is 9.73. The van der Waals surface area contributed by atoms with E-state index in [9.17, 15) is 14.7 Å². The molecule has 2 aromatic rings. The van der Waals surface area contributed by atoms with Gasteiger partial charge < -0.3 is 36.8 Å². The minimum Gasteiger partial charge on any atom is -0.489 e. The third-order valence-corrected chi connectivity index (χ3v) is 7.32. The zero-order valence-electron chi connectivity index (χ0n) is 21.8. The van der Waals surface area contributed by atoms with Crippen LogP contribution in [0.1, 0.15) is 37.9 Å². The van der Waals surface area contributed by atoms with Crippen molar-refractivity contribution in [2.45, 2.75) is 44.4 Å². The number of thiazole rings is 1. The van der Waals surface area contributed by atoms with Crippen LogP contribution in [-0.2, 0) is 14.4 Å². The maximum absolute atomic E-state index is 13.2. The number of carboxylic acid groups (broad SMARTS) is 1. The number of Topliss-reactive ketones (excluding diaryl/α,β-unsaturated/α-hetero) is 1. The van der Waals surface area contributed by atoms with Gasteiger partial charge in [-0.05, 0) is 51.1 Å². The molecule has 0 bridgehead atoms. The summed E-state index contributed by atoms with van der Waals surface area (Å²) in [6, 6.07) is 6.99. The summed E-state index contributed by atoms with van der Waals surface area (Å²) in [6.45, 7) is 9.23. The summed E-state index contributed by atoms with van der Waals surface area (Å²) in [4.78, 5) is 39.0. The number of aliphatic carboxylic acids is 1. The molecule has 39 heavy (non-hydrogen) atoms. The Bertz CT molecular complexity index is 1280. The number of amidine groups is 1. The highest BCUT2D eigenvalue weighted by molar-refractivity contribution is 7.13. The number of nitrogens with two attached hydrogens (primary N) is 2. The maximum atomic E-state index is 13.2. The van der Waals surface area contributed by atoms with Crippen LogP contribution in [0, 0.1) is 5.92 Å². The largest absolute Gasteiger partial charge is 0.489 e. The van der Waals surface area contributed by atoms with Gasteiger partial charge in [0.15, 0.2) is 16.6 Å². The van der Waals surface area contributed by atoms with E-state index in [2.05, 4.69) is 32.3 Å². The van der Waals surface area contributed by atoms with Gasteiger partial charge in [-0.1, -0.05) is 11.7 Å². The number of carbonyl (C=O) groups is 2. The van der Waals surface area contributed by atoms with E-state index in [1.807, 2.05) is 13.8 Å². The van der Waals surface area contributed by atoms with Crippen LogP contribution in [0.2, 0.25) is 0 Å². The van der Waals surface area contributed by atoms with Crippen molar-refractivity contribution in [1.82, 2.24) is 15.6 Å². The van der Waals surface area contributed by atoms with Crippen LogP contribution in [0.15, 0.2) is 52.1 Å². The summed E-state index contributed by atoms with van der Waals surface area (Å²) < 4.78 is 5.63. The summed E-state index contributed by atoms with van der Waals surface area (Å²) in [5, 5.41) is 21.8. The number of hydrogen-bond acceptors (Lipinski definition) is 11. The topological polar surface area (TPSA) is 187 Å². The molecular formula is C26H33N7O5S. The van der Waals surface area contributed by atoms with E-state index < -0.39 is 12.1 Å². The van der Waals surface area contributed by atoms with E-state index in [4.69, 9.17) is 21.0 Å². The molecule has 0 amide bonds. The van der Waals surface area contributed by atoms with Crippen LogP contribution in [0.25, 0.3) is 0 Å². The van der Waals surface area contributed by atoms with E-state index >= 15 is 0 Å². The van der Waals surface area contributed by atoms with Crippen molar-refractivity contribution < 1.29 is 24.3 Å². The van der Waals surface area contributed by atoms with Crippen LogP contribution in [0.3, 0.4) is 0 Å². The second kappa shape index (κ2) is 11.8. The van der Waals surface area contributed by atoms with Gasteiger partial charge in [-0.2, -0.15) is 0 Å². The van der Waals surface area contributed by atoms with Gasteiger partial charge in [0.05, 0.1) is 6.04 Å². The average molecular weight is 556 g/mol. The number of benzene rings is 1. The number of carboxylic acids is 1. The Hall–Kier alpha value is -3.97. The number of oxime groups is 1. The predicted molar refractivity (Wildman–Crippen MR) is 149 cm³/mol. The molecule has 1 aromatic heterocycles. The molecule has 12 nitrogen and oxygen atoms in total. The molecule has 0 aliphatic carbocycles. The van der Waals surface area contributed by atoms with Gasteiger partial charge in [-0.25, -0.2) is 9.78 Å². The monoisotopic (exact) mass is 555 g/mol. The standard InChI is InChI=1S/C26H33N7O5S/c1-14-18(26(2,3)32-14)10-20(34)22(19-13-39-25(28)31-19)33-38-21(24(35)36)12-37-17-6-4-15(5-7-17)23(27)30-16-8-9-29-11-16/h4-7,13,16,18,21,29,32H,1,8-12H2,2-3H3,(H2,27,30)(H2,28,31)(H,35,36)/b33-22-/t16-,18+,21-/m0/s1. The number of nitrogens with one attached hydrogen (secondary N) is 2. The summed E-state index contributed by atoms with van der Waals surface area (Å²) in [7, 11) is 0. The highest BCUT2D eigenvalue weighted by Gasteiger charge is 2.43. The number of aliphatic imine (C=N–C) groups is 1. The smallest absolute Gasteiger partial charge is 0.351 e. The third kappa shape index (κ3) is 6.92. The summed E-state index contributed by atoms with van der Waals surface area (Å²) in [5.41, 5.74) is 13.1. The van der Waals surface area contributed by atoms with Crippen molar-refractivity contribution in [2.24, 2.45) is 21.8 Å². The number of carbonyl (C=O) groups excluding carboxylic acids is 1. The highest BCUT2D eigenvalue weighted by atomic mass is 32.1. The fourth-order valence-corrected chi connectivity index (χ4v) is 4.97. The van der Waals surface area contributed by atoms with E-state index in [1.165, 1.54) is 0 Å². The van der Waals surface area contributed by atoms with Crippen molar-refractivity contribution in [3.8, 4) is 5.75 Å². The summed E-state index contributed by atoms with van der Waals surface area (Å²) >= 11 is 1.14. The van der Waals surface area contributed by atoms with Gasteiger partial charge in [0.2, 0.25) is 0 Å². The number of anilines is 1. The van der Waals surface area contributed by atoms with Gasteiger partial charge >= 0.3 is 5.97 Å². The molecule has 0 spiro atoms. The Morgan fingerprint density at radius 1 is 1.33 bits per heavy atom. The summed E-state index contributed by atoms with van der Waals surface area (Å²) in [6.07, 6.45) is -0.445. The molecule has 2 aliphatic heterocycles. The Labute approximate surface area is 230 Å². The number of aromatic nitrogens is 1. The number of ether oxygens (including phenoxy) is 1. The first kappa shape index (κ1) is 28.0. The maximum Gasteiger partial charge on any atom is 0.351 e. The molecular weight excluding hydrogens is 522 g/mol. The Morgan fingerprint density at radius 2 is 2.08 bits per heavy atom. The van der Waals surface area contributed by atoms with Crippen LogP contribution < -0.4 is 26.8 Å². The van der Waals surface area contributed by atoms with Crippen molar-refractivity contribution in [1.29, 1.82) is 0 Å². The molecule has 0 unspecified atom stereocenters. The average Bonchev–Trinajstić information content (AvgIpc) is 3.56. The molecule has 0 radical (unpaired) electrons. The van der Waals surface area contributed by atoms with Gasteiger partial charge in [-0.15, -0.1) is 11.3 Å². The van der Waals surface area contributed by atoms with E-state index in [0.29, 0.717) is 11.6 Å². The van der Waals surface area contributed by atoms with Crippen LogP contribution >= 0.6 is 11.3 Å². The molecule has 0 saturated carbocycles. The molecule has 7 N–H and O–H groups in total. The van der Waals surface area contributed by atoms with Crippen molar-refractivity contribution >= 4 is 39.8 Å². The Kier molecular flexibility index (Phi) is 8.51. The quantitative estimate of drug-likeness (QED) is 0.146. The Balaban J connectivity index is 1.42. The van der Waals surface area contributed by atoms with Crippen molar-refractivity contribution in [3.05, 3.63) is 53.2 Å². The fourth-order valence-electron chi connectivity index (χ4n) is 4.42. The van der Waals surface area contributed by atoms with Crippen LogP contribution in [0.5, 0.6) is 5.75 Å². The van der Waals surface area contributed by atoms with Gasteiger partial charge in [0, 0.05) is 41.1 Å². The first-order chi connectivity index (χ1) is 18.5. The van der Waals surface area contributed by atoms with E-state index in [0.717, 1.165) is 42.1 Å². The van der Waals surface area contributed by atoms with Gasteiger partial charge in [-0.3, -0.25) is 9.79 Å². The first-order valence-corrected chi connectivity index (χ1v) is 13.4. The molecule has 3 heterocycles. The second-order valence-corrected chi connectivity index (χ2v) is 10.9. The van der Waals surface area contributed by atoms with Crippen molar-refractivity contribution in [2.75, 3.05) is 25.4 Å². The molecule has 2 fully saturated rings. The van der Waals surface area contributed by atoms with Gasteiger partial charge in [0.25, 0.3) is 6.10 Å². The third-order valence-electron chi connectivity index (χ3n) is 6.65. The zero-order valence-corrected chi connectivity index (χ0v) is 22.7. The molecule has 13 heteroatoms. The Morgan fingerprint density at radius 3 is 2.64 bits per heavy atom. The number of rotatable bonds is 12. The fraction of sp³-hybridized carbons (Fsp3) is 0.423. The normalized spacial score (nSPS) is 21.5. The van der Waals surface area contributed by atoms with Crippen molar-refractivity contribution in [3.63, 3.8) is 0 Å². The predicted octanol–water partition coefficient (Wildman–Crippen LogP) is 1.52.